The van der Waals surface area contributed by atoms with Crippen molar-refractivity contribution in [3.05, 3.63) is 23.8 Å². The number of anilines is 1. The van der Waals surface area contributed by atoms with Crippen molar-refractivity contribution in [3.8, 4) is 5.75 Å². The van der Waals surface area contributed by atoms with Gasteiger partial charge in [-0.3, -0.25) is 0 Å². The van der Waals surface area contributed by atoms with Gasteiger partial charge >= 0.3 is 5.97 Å². The Hall–Kier alpha value is -1.75. The first kappa shape index (κ1) is 19.6. The van der Waals surface area contributed by atoms with Crippen molar-refractivity contribution >= 4 is 11.7 Å². The molecule has 0 aliphatic carbocycles. The molecule has 1 saturated heterocycles. The molecule has 0 aromatic heterocycles. The van der Waals surface area contributed by atoms with Crippen LogP contribution in [0.2, 0.25) is 0 Å². The number of carbonyl (C=O) groups is 1. The molecule has 0 amide bonds. The van der Waals surface area contributed by atoms with Gasteiger partial charge in [0, 0.05) is 30.9 Å². The summed E-state index contributed by atoms with van der Waals surface area (Å²) in [6.45, 7) is 12.9. The zero-order valence-electron chi connectivity index (χ0n) is 16.4. The van der Waals surface area contributed by atoms with Crippen molar-refractivity contribution in [3.63, 3.8) is 0 Å². The number of benzene rings is 1. The van der Waals surface area contributed by atoms with E-state index in [1.807, 2.05) is 39.0 Å². The number of nitrogens with two attached hydrogens (primary N) is 1. The quantitative estimate of drug-likeness (QED) is 0.845. The summed E-state index contributed by atoms with van der Waals surface area (Å²) >= 11 is 0. The van der Waals surface area contributed by atoms with Crippen LogP contribution in [0.15, 0.2) is 18.2 Å². The van der Waals surface area contributed by atoms with Crippen molar-refractivity contribution in [1.82, 2.24) is 0 Å². The second-order valence-corrected chi connectivity index (χ2v) is 8.41. The molecule has 5 heteroatoms. The molecule has 0 saturated carbocycles. The summed E-state index contributed by atoms with van der Waals surface area (Å²) < 4.78 is 11.5. The van der Waals surface area contributed by atoms with Crippen LogP contribution in [0.5, 0.6) is 5.75 Å². The first-order valence-corrected chi connectivity index (χ1v) is 9.01. The molecule has 0 spiro atoms. The molecule has 1 aliphatic heterocycles. The highest BCUT2D eigenvalue weighted by Gasteiger charge is 2.35. The fourth-order valence-electron chi connectivity index (χ4n) is 2.96. The Kier molecular flexibility index (Phi) is 5.67. The lowest BCUT2D eigenvalue weighted by Crippen LogP contribution is -2.44. The smallest absolute Gasteiger partial charge is 0.350 e. The zero-order chi connectivity index (χ0) is 18.8. The molecule has 25 heavy (non-hydrogen) atoms. The first-order valence-electron chi connectivity index (χ1n) is 9.01. The predicted octanol–water partition coefficient (Wildman–Crippen LogP) is 3.42. The lowest BCUT2D eigenvalue weighted by molar-refractivity contribution is -0.170. The lowest BCUT2D eigenvalue weighted by Gasteiger charge is -2.34. The van der Waals surface area contributed by atoms with E-state index in [-0.39, 0.29) is 12.0 Å². The first-order chi connectivity index (χ1) is 11.5. The molecule has 0 unspecified atom stereocenters. The van der Waals surface area contributed by atoms with Crippen LogP contribution in [0.1, 0.15) is 53.0 Å². The van der Waals surface area contributed by atoms with Crippen molar-refractivity contribution in [1.29, 1.82) is 0 Å². The largest absolute Gasteiger partial charge is 0.476 e. The van der Waals surface area contributed by atoms with Gasteiger partial charge in [0.2, 0.25) is 0 Å². The molecule has 1 aromatic carbocycles. The van der Waals surface area contributed by atoms with Crippen LogP contribution in [-0.2, 0) is 9.53 Å². The van der Waals surface area contributed by atoms with Gasteiger partial charge in [-0.1, -0.05) is 6.07 Å². The second-order valence-electron chi connectivity index (χ2n) is 8.41. The van der Waals surface area contributed by atoms with Crippen LogP contribution in [0.25, 0.3) is 0 Å². The molecule has 1 fully saturated rings. The van der Waals surface area contributed by atoms with Crippen LogP contribution in [-0.4, -0.2) is 36.3 Å². The Balaban J connectivity index is 2.17. The lowest BCUT2D eigenvalue weighted by atomic mass is 10.0. The van der Waals surface area contributed by atoms with E-state index < -0.39 is 11.2 Å². The molecule has 1 aromatic rings. The van der Waals surface area contributed by atoms with Gasteiger partial charge in [-0.05, 0) is 66.0 Å². The Morgan fingerprint density at radius 2 is 1.92 bits per heavy atom. The van der Waals surface area contributed by atoms with E-state index in [0.29, 0.717) is 5.75 Å². The minimum absolute atomic E-state index is 0.205. The third-order valence-corrected chi connectivity index (χ3v) is 4.24. The maximum absolute atomic E-state index is 12.4. The van der Waals surface area contributed by atoms with Gasteiger partial charge in [0.05, 0.1) is 0 Å². The molecule has 0 radical (unpaired) electrons. The monoisotopic (exact) mass is 348 g/mol. The van der Waals surface area contributed by atoms with Crippen molar-refractivity contribution in [2.45, 2.75) is 71.6 Å². The third-order valence-electron chi connectivity index (χ3n) is 4.24. The summed E-state index contributed by atoms with van der Waals surface area (Å²) in [5, 5.41) is 0. The molecule has 2 rings (SSSR count). The Morgan fingerprint density at radius 3 is 2.52 bits per heavy atom. The van der Waals surface area contributed by atoms with E-state index in [0.717, 1.165) is 31.6 Å². The van der Waals surface area contributed by atoms with Gasteiger partial charge in [-0.2, -0.15) is 0 Å². The van der Waals surface area contributed by atoms with E-state index >= 15 is 0 Å². The van der Waals surface area contributed by atoms with Crippen LogP contribution in [0.3, 0.4) is 0 Å². The molecule has 1 heterocycles. The SMILES string of the molecule is Cc1ccc(OC(C)(C)C(=O)OC(C)(C)C)cc1N1CCC[C@@H](N)C1. The van der Waals surface area contributed by atoms with Crippen molar-refractivity contribution in [2.24, 2.45) is 5.73 Å². The van der Waals surface area contributed by atoms with Gasteiger partial charge in [0.1, 0.15) is 11.4 Å². The number of nitrogens with zero attached hydrogens (tertiary/aromatic N) is 1. The van der Waals surface area contributed by atoms with Crippen LogP contribution in [0.4, 0.5) is 5.69 Å². The van der Waals surface area contributed by atoms with Crippen molar-refractivity contribution < 1.29 is 14.3 Å². The average Bonchev–Trinajstić information content (AvgIpc) is 2.47. The minimum Gasteiger partial charge on any atom is -0.476 e. The maximum Gasteiger partial charge on any atom is 0.350 e. The fourth-order valence-corrected chi connectivity index (χ4v) is 2.96. The zero-order valence-corrected chi connectivity index (χ0v) is 16.4. The van der Waals surface area contributed by atoms with Gasteiger partial charge < -0.3 is 20.1 Å². The molecule has 1 aliphatic rings. The number of piperidine rings is 1. The Labute approximate surface area is 151 Å². The molecule has 1 atom stereocenters. The molecular weight excluding hydrogens is 316 g/mol. The van der Waals surface area contributed by atoms with Gasteiger partial charge in [-0.15, -0.1) is 0 Å². The summed E-state index contributed by atoms with van der Waals surface area (Å²) in [4.78, 5) is 14.7. The summed E-state index contributed by atoms with van der Waals surface area (Å²) in [6.07, 6.45) is 2.16. The summed E-state index contributed by atoms with van der Waals surface area (Å²) in [6, 6.07) is 6.13. The second kappa shape index (κ2) is 7.24. The number of rotatable bonds is 4. The highest BCUT2D eigenvalue weighted by Crippen LogP contribution is 2.30. The summed E-state index contributed by atoms with van der Waals surface area (Å²) in [5.74, 6) is 0.290. The number of hydrogen-bond donors (Lipinski definition) is 1. The van der Waals surface area contributed by atoms with E-state index in [4.69, 9.17) is 15.2 Å². The molecule has 140 valence electrons. The topological polar surface area (TPSA) is 64.8 Å². The number of carbonyl (C=O) groups excluding carboxylic acids is 1. The number of aryl methyl sites for hydroxylation is 1. The van der Waals surface area contributed by atoms with Crippen LogP contribution < -0.4 is 15.4 Å². The number of ether oxygens (including phenoxy) is 2. The third kappa shape index (κ3) is 5.36. The molecule has 2 N–H and O–H groups in total. The number of esters is 1. The summed E-state index contributed by atoms with van der Waals surface area (Å²) in [7, 11) is 0. The van der Waals surface area contributed by atoms with E-state index in [9.17, 15) is 4.79 Å². The van der Waals surface area contributed by atoms with Gasteiger partial charge in [0.25, 0.3) is 0 Å². The Morgan fingerprint density at radius 1 is 1.24 bits per heavy atom. The Bertz CT molecular complexity index is 620. The fraction of sp³-hybridized carbons (Fsp3) is 0.650. The van der Waals surface area contributed by atoms with E-state index in [1.54, 1.807) is 13.8 Å². The van der Waals surface area contributed by atoms with E-state index in [1.165, 1.54) is 5.56 Å². The number of hydrogen-bond acceptors (Lipinski definition) is 5. The highest BCUT2D eigenvalue weighted by atomic mass is 16.6. The normalized spacial score (nSPS) is 18.8. The van der Waals surface area contributed by atoms with Crippen LogP contribution in [0, 0.1) is 6.92 Å². The van der Waals surface area contributed by atoms with Crippen molar-refractivity contribution in [2.75, 3.05) is 18.0 Å². The molecule has 0 bridgehead atoms. The standard InChI is InChI=1S/C20H32N2O3/c1-14-9-10-16(12-17(14)22-11-7-8-15(21)13-22)24-20(5,6)18(23)25-19(2,3)4/h9-10,12,15H,7-8,11,13,21H2,1-6H3/t15-/m1/s1. The maximum atomic E-state index is 12.4. The minimum atomic E-state index is -1.06. The predicted molar refractivity (Wildman–Crippen MR) is 101 cm³/mol. The molecule has 5 nitrogen and oxygen atoms in total. The van der Waals surface area contributed by atoms with Gasteiger partial charge in [-0.25, -0.2) is 4.79 Å². The van der Waals surface area contributed by atoms with Crippen LogP contribution >= 0.6 is 0 Å². The van der Waals surface area contributed by atoms with Gasteiger partial charge in [0.15, 0.2) is 5.60 Å². The van der Waals surface area contributed by atoms with E-state index in [2.05, 4.69) is 11.8 Å². The average molecular weight is 348 g/mol. The highest BCUT2D eigenvalue weighted by molar-refractivity contribution is 5.79. The summed E-state index contributed by atoms with van der Waals surface area (Å²) in [5.41, 5.74) is 6.81. The molecular formula is C20H32N2O3.